The Hall–Kier alpha value is -2.99. The molecule has 0 atom stereocenters. The van der Waals surface area contributed by atoms with Crippen LogP contribution in [0.2, 0.25) is 0 Å². The summed E-state index contributed by atoms with van der Waals surface area (Å²) >= 11 is 0. The van der Waals surface area contributed by atoms with Gasteiger partial charge in [-0.1, -0.05) is 17.7 Å². The fraction of sp³-hybridized carbons (Fsp3) is 0.385. The van der Waals surface area contributed by atoms with Crippen LogP contribution in [0.4, 0.5) is 11.5 Å². The molecule has 2 heterocycles. The molecule has 1 aliphatic rings. The van der Waals surface area contributed by atoms with Gasteiger partial charge in [-0.15, -0.1) is 12.4 Å². The van der Waals surface area contributed by atoms with E-state index in [1.165, 1.54) is 16.7 Å². The Bertz CT molecular complexity index is 1230. The number of hydrogen-bond donors (Lipinski definition) is 0. The van der Waals surface area contributed by atoms with E-state index >= 15 is 0 Å². The zero-order valence-electron chi connectivity index (χ0n) is 20.4. The summed E-state index contributed by atoms with van der Waals surface area (Å²) in [6.07, 6.45) is 0.744. The maximum atomic E-state index is 13.1. The first-order chi connectivity index (χ1) is 15.2. The van der Waals surface area contributed by atoms with E-state index < -0.39 is 0 Å². The van der Waals surface area contributed by atoms with Crippen LogP contribution in [0.15, 0.2) is 35.1 Å². The summed E-state index contributed by atoms with van der Waals surface area (Å²) in [6, 6.07) is 10.5. The van der Waals surface area contributed by atoms with Crippen molar-refractivity contribution in [3.05, 3.63) is 63.1 Å². The molecule has 0 N–H and O–H groups in total. The third-order valence-electron chi connectivity index (χ3n) is 6.13. The summed E-state index contributed by atoms with van der Waals surface area (Å²) in [6.45, 7) is 11.2. The van der Waals surface area contributed by atoms with Crippen molar-refractivity contribution in [3.63, 3.8) is 0 Å². The number of ether oxygens (including phenoxy) is 2. The van der Waals surface area contributed by atoms with Crippen molar-refractivity contribution in [2.45, 2.75) is 53.6 Å². The van der Waals surface area contributed by atoms with Crippen LogP contribution in [0.1, 0.15) is 36.1 Å². The molecular formula is C26H32ClN3O3. The summed E-state index contributed by atoms with van der Waals surface area (Å²) in [4.78, 5) is 19.8. The summed E-state index contributed by atoms with van der Waals surface area (Å²) in [5.74, 6) is 2.01. The van der Waals surface area contributed by atoms with Gasteiger partial charge in [-0.25, -0.2) is 4.79 Å². The molecule has 7 heteroatoms. The first kappa shape index (κ1) is 24.6. The molecule has 3 aromatic rings. The van der Waals surface area contributed by atoms with E-state index in [1.807, 2.05) is 18.2 Å². The Morgan fingerprint density at radius 1 is 0.970 bits per heavy atom. The van der Waals surface area contributed by atoms with Gasteiger partial charge in [0, 0.05) is 29.9 Å². The van der Waals surface area contributed by atoms with E-state index in [-0.39, 0.29) is 24.1 Å². The molecule has 6 nitrogen and oxygen atoms in total. The number of halogens is 1. The molecular weight excluding hydrogens is 438 g/mol. The number of hydrogen-bond acceptors (Lipinski definition) is 5. The lowest BCUT2D eigenvalue weighted by Crippen LogP contribution is -2.34. The van der Waals surface area contributed by atoms with Gasteiger partial charge in [-0.2, -0.15) is 4.98 Å². The average molecular weight is 470 g/mol. The molecule has 0 radical (unpaired) electrons. The smallest absolute Gasteiger partial charge is 0.350 e. The Morgan fingerprint density at radius 3 is 2.15 bits per heavy atom. The number of benzene rings is 2. The van der Waals surface area contributed by atoms with Crippen molar-refractivity contribution >= 4 is 23.9 Å². The SMILES string of the molecule is COc1cc2c(cc1OC)-c1cc(N(c3c(C)cc(C)cc3C)C(C)C)nc(=O)n1CC2.Cl. The van der Waals surface area contributed by atoms with Gasteiger partial charge >= 0.3 is 5.69 Å². The van der Waals surface area contributed by atoms with Crippen LogP contribution in [-0.4, -0.2) is 29.8 Å². The van der Waals surface area contributed by atoms with Crippen molar-refractivity contribution in [1.29, 1.82) is 0 Å². The van der Waals surface area contributed by atoms with Crippen molar-refractivity contribution in [1.82, 2.24) is 9.55 Å². The van der Waals surface area contributed by atoms with Crippen molar-refractivity contribution in [2.75, 3.05) is 19.1 Å². The van der Waals surface area contributed by atoms with Gasteiger partial charge in [0.25, 0.3) is 0 Å². The van der Waals surface area contributed by atoms with E-state index in [0.29, 0.717) is 23.9 Å². The number of fused-ring (bicyclic) bond motifs is 3. The molecule has 176 valence electrons. The quantitative estimate of drug-likeness (QED) is 0.502. The topological polar surface area (TPSA) is 56.6 Å². The van der Waals surface area contributed by atoms with Crippen molar-refractivity contribution < 1.29 is 9.47 Å². The van der Waals surface area contributed by atoms with Crippen LogP contribution in [-0.2, 0) is 13.0 Å². The van der Waals surface area contributed by atoms with Gasteiger partial charge in [-0.3, -0.25) is 4.57 Å². The van der Waals surface area contributed by atoms with Gasteiger partial charge in [0.05, 0.1) is 19.9 Å². The molecule has 0 saturated heterocycles. The minimum atomic E-state index is -0.231. The van der Waals surface area contributed by atoms with Crippen LogP contribution >= 0.6 is 12.4 Å². The number of methoxy groups -OCH3 is 2. The molecule has 0 bridgehead atoms. The van der Waals surface area contributed by atoms with Gasteiger partial charge < -0.3 is 14.4 Å². The molecule has 0 unspecified atom stereocenters. The Labute approximate surface area is 201 Å². The van der Waals surface area contributed by atoms with Gasteiger partial charge in [0.2, 0.25) is 0 Å². The predicted molar refractivity (Wildman–Crippen MR) is 136 cm³/mol. The number of aromatic nitrogens is 2. The van der Waals surface area contributed by atoms with Crippen LogP contribution < -0.4 is 20.1 Å². The van der Waals surface area contributed by atoms with Gasteiger partial charge in [0.1, 0.15) is 5.82 Å². The molecule has 1 aliphatic heterocycles. The van der Waals surface area contributed by atoms with Crippen molar-refractivity contribution in [2.24, 2.45) is 0 Å². The minimum absolute atomic E-state index is 0. The molecule has 0 amide bonds. The first-order valence-corrected chi connectivity index (χ1v) is 11.0. The Balaban J connectivity index is 0.00000306. The fourth-order valence-electron chi connectivity index (χ4n) is 4.84. The third-order valence-corrected chi connectivity index (χ3v) is 6.13. The highest BCUT2D eigenvalue weighted by molar-refractivity contribution is 5.85. The Morgan fingerprint density at radius 2 is 1.58 bits per heavy atom. The largest absolute Gasteiger partial charge is 0.493 e. The second-order valence-electron chi connectivity index (χ2n) is 8.76. The lowest BCUT2D eigenvalue weighted by atomic mass is 9.96. The van der Waals surface area contributed by atoms with E-state index in [0.717, 1.165) is 28.9 Å². The molecule has 1 aromatic heterocycles. The zero-order chi connectivity index (χ0) is 23.2. The molecule has 0 saturated carbocycles. The molecule has 2 aromatic carbocycles. The highest BCUT2D eigenvalue weighted by Crippen LogP contribution is 2.40. The third kappa shape index (κ3) is 4.32. The summed E-state index contributed by atoms with van der Waals surface area (Å²) in [7, 11) is 3.27. The van der Waals surface area contributed by atoms with E-state index in [2.05, 4.69) is 56.6 Å². The van der Waals surface area contributed by atoms with Crippen molar-refractivity contribution in [3.8, 4) is 22.8 Å². The maximum Gasteiger partial charge on any atom is 0.350 e. The predicted octanol–water partition coefficient (Wildman–Crippen LogP) is 5.38. The fourth-order valence-corrected chi connectivity index (χ4v) is 4.84. The summed E-state index contributed by atoms with van der Waals surface area (Å²) < 4.78 is 12.8. The van der Waals surface area contributed by atoms with Gasteiger partial charge in [0.15, 0.2) is 11.5 Å². The Kier molecular flexibility index (Phi) is 7.08. The number of anilines is 2. The van der Waals surface area contributed by atoms with Crippen LogP contribution in [0.5, 0.6) is 11.5 Å². The van der Waals surface area contributed by atoms with E-state index in [9.17, 15) is 4.79 Å². The molecule has 33 heavy (non-hydrogen) atoms. The molecule has 0 spiro atoms. The first-order valence-electron chi connectivity index (χ1n) is 11.0. The normalized spacial score (nSPS) is 12.0. The lowest BCUT2D eigenvalue weighted by Gasteiger charge is -2.32. The molecule has 0 fully saturated rings. The molecule has 0 aliphatic carbocycles. The second-order valence-corrected chi connectivity index (χ2v) is 8.76. The number of aryl methyl sites for hydroxylation is 4. The van der Waals surface area contributed by atoms with Crippen LogP contribution in [0, 0.1) is 20.8 Å². The highest BCUT2D eigenvalue weighted by atomic mass is 35.5. The highest BCUT2D eigenvalue weighted by Gasteiger charge is 2.25. The lowest BCUT2D eigenvalue weighted by molar-refractivity contribution is 0.354. The maximum absolute atomic E-state index is 13.1. The second kappa shape index (κ2) is 9.48. The standard InChI is InChI=1S/C26H31N3O3.ClH/c1-15(2)29(25-17(4)10-16(3)11-18(25)5)24-14-21-20-13-23(32-7)22(31-6)12-19(20)8-9-28(21)26(30)27-24;/h10-15H,8-9H2,1-7H3;1H. The number of nitrogens with zero attached hydrogens (tertiary/aromatic N) is 3. The minimum Gasteiger partial charge on any atom is -0.493 e. The summed E-state index contributed by atoms with van der Waals surface area (Å²) in [5, 5.41) is 0. The van der Waals surface area contributed by atoms with Gasteiger partial charge in [-0.05, 0) is 69.9 Å². The van der Waals surface area contributed by atoms with E-state index in [1.54, 1.807) is 18.8 Å². The van der Waals surface area contributed by atoms with Crippen LogP contribution in [0.25, 0.3) is 11.3 Å². The average Bonchev–Trinajstić information content (AvgIpc) is 2.74. The van der Waals surface area contributed by atoms with E-state index in [4.69, 9.17) is 9.47 Å². The van der Waals surface area contributed by atoms with Crippen LogP contribution in [0.3, 0.4) is 0 Å². The molecule has 4 rings (SSSR count). The number of rotatable bonds is 5. The summed E-state index contributed by atoms with van der Waals surface area (Å²) in [5.41, 5.74) is 7.41. The zero-order valence-corrected chi connectivity index (χ0v) is 21.2. The monoisotopic (exact) mass is 469 g/mol.